The van der Waals surface area contributed by atoms with E-state index in [2.05, 4.69) is 20.6 Å². The van der Waals surface area contributed by atoms with Gasteiger partial charge in [0.05, 0.1) is 7.11 Å². The zero-order chi connectivity index (χ0) is 17.4. The number of amides is 1. The summed E-state index contributed by atoms with van der Waals surface area (Å²) in [6, 6.07) is 8.80. The molecule has 0 saturated carbocycles. The van der Waals surface area contributed by atoms with Gasteiger partial charge in [-0.1, -0.05) is 6.07 Å². The quantitative estimate of drug-likeness (QED) is 0.723. The van der Waals surface area contributed by atoms with Crippen LogP contribution in [0, 0.1) is 6.92 Å². The highest BCUT2D eigenvalue weighted by atomic mass is 16.5. The van der Waals surface area contributed by atoms with Crippen LogP contribution in [0.25, 0.3) is 0 Å². The summed E-state index contributed by atoms with van der Waals surface area (Å²) in [7, 11) is 3.24. The number of nitrogens with zero attached hydrogens (tertiary/aromatic N) is 2. The van der Waals surface area contributed by atoms with Crippen molar-refractivity contribution in [3.05, 3.63) is 41.7 Å². The minimum Gasteiger partial charge on any atom is -0.497 e. The van der Waals surface area contributed by atoms with Gasteiger partial charge >= 0.3 is 0 Å². The Kier molecular flexibility index (Phi) is 6.51. The van der Waals surface area contributed by atoms with Gasteiger partial charge in [-0.2, -0.15) is 0 Å². The molecule has 1 amide bonds. The Morgan fingerprint density at radius 1 is 1.21 bits per heavy atom. The fourth-order valence-electron chi connectivity index (χ4n) is 2.08. The van der Waals surface area contributed by atoms with Crippen LogP contribution in [0.3, 0.4) is 0 Å². The van der Waals surface area contributed by atoms with E-state index in [4.69, 9.17) is 9.47 Å². The van der Waals surface area contributed by atoms with Crippen LogP contribution in [0.1, 0.15) is 22.6 Å². The van der Waals surface area contributed by atoms with E-state index in [-0.39, 0.29) is 5.91 Å². The molecule has 1 aromatic heterocycles. The number of carbonyl (C=O) groups excluding carboxylic acids is 1. The topological polar surface area (TPSA) is 85.4 Å². The third-order valence-electron chi connectivity index (χ3n) is 3.22. The first kappa shape index (κ1) is 17.7. The molecular formula is C17H22N4O3. The fourth-order valence-corrected chi connectivity index (χ4v) is 2.08. The summed E-state index contributed by atoms with van der Waals surface area (Å²) in [6.45, 7) is 3.15. The highest BCUT2D eigenvalue weighted by molar-refractivity contribution is 6.03. The molecule has 0 atom stereocenters. The highest BCUT2D eigenvalue weighted by Gasteiger charge is 2.11. The number of anilines is 2. The number of carbonyl (C=O) groups is 1. The van der Waals surface area contributed by atoms with E-state index in [0.29, 0.717) is 36.2 Å². The van der Waals surface area contributed by atoms with Crippen molar-refractivity contribution in [3.8, 4) is 5.75 Å². The van der Waals surface area contributed by atoms with Crippen LogP contribution >= 0.6 is 0 Å². The standard InChI is InChI=1S/C17H22N4O3/c1-12-10-15(21-17(19-12)18-8-5-9-23-2)16(22)20-13-6-4-7-14(11-13)24-3/h4,6-7,10-11H,5,8-9H2,1-3H3,(H,20,22)(H,18,19,21). The first-order chi connectivity index (χ1) is 11.6. The molecule has 0 unspecified atom stereocenters. The molecular weight excluding hydrogens is 308 g/mol. The van der Waals surface area contributed by atoms with Gasteiger partial charge in [0.25, 0.3) is 5.91 Å². The monoisotopic (exact) mass is 330 g/mol. The molecule has 0 aliphatic heterocycles. The molecule has 128 valence electrons. The minimum absolute atomic E-state index is 0.298. The van der Waals surface area contributed by atoms with Crippen LogP contribution < -0.4 is 15.4 Å². The van der Waals surface area contributed by atoms with E-state index in [1.54, 1.807) is 32.4 Å². The summed E-state index contributed by atoms with van der Waals surface area (Å²) in [5.74, 6) is 0.808. The number of hydrogen-bond donors (Lipinski definition) is 2. The van der Waals surface area contributed by atoms with Gasteiger partial charge in [-0.05, 0) is 31.5 Å². The Balaban J connectivity index is 2.06. The van der Waals surface area contributed by atoms with Gasteiger partial charge in [0.2, 0.25) is 5.95 Å². The largest absolute Gasteiger partial charge is 0.497 e. The Labute approximate surface area is 141 Å². The molecule has 0 saturated heterocycles. The number of rotatable bonds is 8. The Hall–Kier alpha value is -2.67. The van der Waals surface area contributed by atoms with Gasteiger partial charge in [0.1, 0.15) is 11.4 Å². The first-order valence-corrected chi connectivity index (χ1v) is 7.66. The van der Waals surface area contributed by atoms with Crippen molar-refractivity contribution >= 4 is 17.5 Å². The maximum Gasteiger partial charge on any atom is 0.274 e. The highest BCUT2D eigenvalue weighted by Crippen LogP contribution is 2.17. The lowest BCUT2D eigenvalue weighted by atomic mass is 10.2. The number of methoxy groups -OCH3 is 2. The molecule has 0 aliphatic rings. The van der Waals surface area contributed by atoms with E-state index in [0.717, 1.165) is 12.1 Å². The molecule has 1 heterocycles. The molecule has 0 aliphatic carbocycles. The van der Waals surface area contributed by atoms with Crippen LogP contribution in [0.2, 0.25) is 0 Å². The number of benzene rings is 1. The summed E-state index contributed by atoms with van der Waals surface area (Å²) in [5.41, 5.74) is 1.67. The predicted molar refractivity (Wildman–Crippen MR) is 92.7 cm³/mol. The lowest BCUT2D eigenvalue weighted by molar-refractivity contribution is 0.102. The van der Waals surface area contributed by atoms with Crippen LogP contribution in [0.4, 0.5) is 11.6 Å². The zero-order valence-corrected chi connectivity index (χ0v) is 14.1. The molecule has 2 N–H and O–H groups in total. The number of ether oxygens (including phenoxy) is 2. The second-order valence-electron chi connectivity index (χ2n) is 5.18. The number of aryl methyl sites for hydroxylation is 1. The Morgan fingerprint density at radius 2 is 2.04 bits per heavy atom. The number of nitrogens with one attached hydrogen (secondary N) is 2. The van der Waals surface area contributed by atoms with Gasteiger partial charge < -0.3 is 20.1 Å². The maximum atomic E-state index is 12.4. The maximum absolute atomic E-state index is 12.4. The van der Waals surface area contributed by atoms with Gasteiger partial charge in [-0.15, -0.1) is 0 Å². The lowest BCUT2D eigenvalue weighted by Gasteiger charge is -2.09. The van der Waals surface area contributed by atoms with Crippen molar-refractivity contribution in [2.45, 2.75) is 13.3 Å². The Morgan fingerprint density at radius 3 is 2.79 bits per heavy atom. The minimum atomic E-state index is -0.298. The fraction of sp³-hybridized carbons (Fsp3) is 0.353. The number of hydrogen-bond acceptors (Lipinski definition) is 6. The second kappa shape index (κ2) is 8.83. The lowest BCUT2D eigenvalue weighted by Crippen LogP contribution is -2.16. The Bertz CT molecular complexity index is 691. The van der Waals surface area contributed by atoms with Gasteiger partial charge in [0, 0.05) is 37.7 Å². The summed E-state index contributed by atoms with van der Waals surface area (Å²) in [5, 5.41) is 5.90. The third-order valence-corrected chi connectivity index (χ3v) is 3.22. The summed E-state index contributed by atoms with van der Waals surface area (Å²) >= 11 is 0. The first-order valence-electron chi connectivity index (χ1n) is 7.66. The van der Waals surface area contributed by atoms with E-state index < -0.39 is 0 Å². The predicted octanol–water partition coefficient (Wildman–Crippen LogP) is 2.49. The van der Waals surface area contributed by atoms with Crippen LogP contribution in [0.5, 0.6) is 5.75 Å². The average Bonchev–Trinajstić information content (AvgIpc) is 2.58. The van der Waals surface area contributed by atoms with Gasteiger partial charge in [-0.25, -0.2) is 9.97 Å². The van der Waals surface area contributed by atoms with Crippen molar-refractivity contribution in [1.82, 2.24) is 9.97 Å². The van der Waals surface area contributed by atoms with Crippen molar-refractivity contribution in [1.29, 1.82) is 0 Å². The van der Waals surface area contributed by atoms with Crippen molar-refractivity contribution in [2.24, 2.45) is 0 Å². The van der Waals surface area contributed by atoms with Crippen LogP contribution in [-0.2, 0) is 4.74 Å². The molecule has 0 fully saturated rings. The van der Waals surface area contributed by atoms with E-state index in [1.165, 1.54) is 0 Å². The summed E-state index contributed by atoms with van der Waals surface area (Å²) in [4.78, 5) is 21.0. The van der Waals surface area contributed by atoms with E-state index >= 15 is 0 Å². The number of aromatic nitrogens is 2. The van der Waals surface area contributed by atoms with Crippen molar-refractivity contribution < 1.29 is 14.3 Å². The molecule has 7 nitrogen and oxygen atoms in total. The van der Waals surface area contributed by atoms with Crippen LogP contribution in [0.15, 0.2) is 30.3 Å². The van der Waals surface area contributed by atoms with Crippen molar-refractivity contribution in [2.75, 3.05) is 38.0 Å². The third kappa shape index (κ3) is 5.20. The molecule has 2 aromatic rings. The molecule has 0 spiro atoms. The molecule has 7 heteroatoms. The molecule has 0 bridgehead atoms. The van der Waals surface area contributed by atoms with Crippen LogP contribution in [-0.4, -0.2) is 43.2 Å². The average molecular weight is 330 g/mol. The zero-order valence-electron chi connectivity index (χ0n) is 14.1. The van der Waals surface area contributed by atoms with Gasteiger partial charge in [0.15, 0.2) is 0 Å². The molecule has 24 heavy (non-hydrogen) atoms. The van der Waals surface area contributed by atoms with E-state index in [9.17, 15) is 4.79 Å². The summed E-state index contributed by atoms with van der Waals surface area (Å²) < 4.78 is 10.1. The summed E-state index contributed by atoms with van der Waals surface area (Å²) in [6.07, 6.45) is 0.832. The molecule has 2 rings (SSSR count). The van der Waals surface area contributed by atoms with Crippen molar-refractivity contribution in [3.63, 3.8) is 0 Å². The van der Waals surface area contributed by atoms with E-state index in [1.807, 2.05) is 19.1 Å². The molecule has 0 radical (unpaired) electrons. The smallest absolute Gasteiger partial charge is 0.274 e. The second-order valence-corrected chi connectivity index (χ2v) is 5.18. The molecule has 1 aromatic carbocycles. The SMILES string of the molecule is COCCCNc1nc(C)cc(C(=O)Nc2cccc(OC)c2)n1. The van der Waals surface area contributed by atoms with Gasteiger partial charge in [-0.3, -0.25) is 4.79 Å². The normalized spacial score (nSPS) is 10.3.